The molecular formula is C27H24BrN5O2S. The van der Waals surface area contributed by atoms with Crippen molar-refractivity contribution >= 4 is 31.6 Å². The van der Waals surface area contributed by atoms with E-state index in [1.54, 1.807) is 41.0 Å². The molecule has 0 amide bonds. The summed E-state index contributed by atoms with van der Waals surface area (Å²) >= 11 is 3.41. The van der Waals surface area contributed by atoms with Gasteiger partial charge in [0.25, 0.3) is 0 Å². The summed E-state index contributed by atoms with van der Waals surface area (Å²) in [4.78, 5) is 9.79. The molecule has 2 heterocycles. The molecule has 36 heavy (non-hydrogen) atoms. The molecule has 182 valence electrons. The second kappa shape index (κ2) is 10.3. The minimum Gasteiger partial charge on any atom is -0.364 e. The first-order chi connectivity index (χ1) is 17.4. The van der Waals surface area contributed by atoms with Crippen molar-refractivity contribution in [2.24, 2.45) is 0 Å². The van der Waals surface area contributed by atoms with Crippen LogP contribution in [0.4, 0.5) is 5.69 Å². The third-order valence-corrected chi connectivity index (χ3v) is 8.73. The Labute approximate surface area is 219 Å². The van der Waals surface area contributed by atoms with Gasteiger partial charge in [-0.25, -0.2) is 13.4 Å². The molecule has 0 saturated heterocycles. The Balaban J connectivity index is 1.63. The van der Waals surface area contributed by atoms with Crippen LogP contribution < -0.4 is 4.90 Å². The molecule has 5 rings (SSSR count). The fourth-order valence-electron chi connectivity index (χ4n) is 4.65. The van der Waals surface area contributed by atoms with Crippen LogP contribution in [-0.4, -0.2) is 35.3 Å². The number of aromatic amines is 1. The number of imidazole rings is 1. The van der Waals surface area contributed by atoms with Crippen molar-refractivity contribution in [2.75, 3.05) is 11.4 Å². The number of benzene rings is 3. The molecule has 9 heteroatoms. The molecule has 1 N–H and O–H groups in total. The highest BCUT2D eigenvalue weighted by Crippen LogP contribution is 2.34. The number of hydrogen-bond acceptors (Lipinski definition) is 5. The van der Waals surface area contributed by atoms with Crippen LogP contribution in [0.5, 0.6) is 0 Å². The second-order valence-corrected chi connectivity index (χ2v) is 11.6. The highest BCUT2D eigenvalue weighted by atomic mass is 79.9. The summed E-state index contributed by atoms with van der Waals surface area (Å²) in [5, 5.41) is 9.55. The number of fused-ring (bicyclic) bond motifs is 1. The van der Waals surface area contributed by atoms with Gasteiger partial charge in [-0.2, -0.15) is 9.57 Å². The van der Waals surface area contributed by atoms with E-state index in [2.05, 4.69) is 36.9 Å². The molecule has 1 aromatic heterocycles. The first kappa shape index (κ1) is 24.3. The summed E-state index contributed by atoms with van der Waals surface area (Å²) in [7, 11) is -3.85. The average Bonchev–Trinajstić information content (AvgIpc) is 3.34. The minimum atomic E-state index is -3.85. The Morgan fingerprint density at radius 3 is 2.64 bits per heavy atom. The lowest BCUT2D eigenvalue weighted by Crippen LogP contribution is -2.45. The minimum absolute atomic E-state index is 0.161. The van der Waals surface area contributed by atoms with Gasteiger partial charge < -0.3 is 9.88 Å². The normalized spacial score (nSPS) is 16.2. The molecule has 1 aliphatic rings. The van der Waals surface area contributed by atoms with Gasteiger partial charge in [0.2, 0.25) is 10.0 Å². The number of hydrogen-bond donors (Lipinski definition) is 1. The number of aromatic nitrogens is 2. The van der Waals surface area contributed by atoms with Gasteiger partial charge in [0.05, 0.1) is 35.1 Å². The molecule has 4 aromatic rings. The quantitative estimate of drug-likeness (QED) is 0.362. The first-order valence-electron chi connectivity index (χ1n) is 11.5. The molecule has 3 aromatic carbocycles. The molecule has 0 bridgehead atoms. The van der Waals surface area contributed by atoms with Gasteiger partial charge >= 0.3 is 0 Å². The highest BCUT2D eigenvalue weighted by molar-refractivity contribution is 9.10. The summed E-state index contributed by atoms with van der Waals surface area (Å²) < 4.78 is 30.5. The van der Waals surface area contributed by atoms with Gasteiger partial charge in [0.15, 0.2) is 0 Å². The molecular weight excluding hydrogens is 538 g/mol. The third kappa shape index (κ3) is 5.07. The van der Waals surface area contributed by atoms with Crippen molar-refractivity contribution in [1.82, 2.24) is 14.3 Å². The summed E-state index contributed by atoms with van der Waals surface area (Å²) in [6, 6.07) is 24.0. The smallest absolute Gasteiger partial charge is 0.243 e. The zero-order chi connectivity index (χ0) is 25.1. The fourth-order valence-corrected chi connectivity index (χ4v) is 6.84. The van der Waals surface area contributed by atoms with Crippen LogP contribution in [0.2, 0.25) is 0 Å². The number of rotatable bonds is 6. The number of sulfonamides is 1. The summed E-state index contributed by atoms with van der Waals surface area (Å²) in [5.74, 6) is 0. The fraction of sp³-hybridized carbons (Fsp3) is 0.185. The first-order valence-corrected chi connectivity index (χ1v) is 13.7. The van der Waals surface area contributed by atoms with Crippen LogP contribution in [0.1, 0.15) is 22.4 Å². The monoisotopic (exact) mass is 561 g/mol. The maximum absolute atomic E-state index is 14.1. The molecule has 0 saturated carbocycles. The van der Waals surface area contributed by atoms with Gasteiger partial charge in [0.1, 0.15) is 0 Å². The van der Waals surface area contributed by atoms with Gasteiger partial charge in [-0.1, -0.05) is 52.3 Å². The average molecular weight is 562 g/mol. The predicted octanol–water partition coefficient (Wildman–Crippen LogP) is 4.87. The molecule has 7 nitrogen and oxygen atoms in total. The molecule has 0 spiro atoms. The Morgan fingerprint density at radius 2 is 1.92 bits per heavy atom. The zero-order valence-corrected chi connectivity index (χ0v) is 21.8. The number of halogens is 1. The lowest BCUT2D eigenvalue weighted by atomic mass is 10.1. The summed E-state index contributed by atoms with van der Waals surface area (Å²) in [6.07, 6.45) is 4.03. The van der Waals surface area contributed by atoms with Crippen LogP contribution in [0.3, 0.4) is 0 Å². The molecule has 0 fully saturated rings. The van der Waals surface area contributed by atoms with Crippen molar-refractivity contribution in [2.45, 2.75) is 30.4 Å². The van der Waals surface area contributed by atoms with Crippen molar-refractivity contribution in [3.63, 3.8) is 0 Å². The zero-order valence-electron chi connectivity index (χ0n) is 19.4. The lowest BCUT2D eigenvalue weighted by Gasteiger charge is -2.32. The topological polar surface area (TPSA) is 93.1 Å². The van der Waals surface area contributed by atoms with Crippen LogP contribution in [0.15, 0.2) is 94.7 Å². The molecule has 0 aliphatic carbocycles. The number of H-pyrrole nitrogens is 1. The Kier molecular flexibility index (Phi) is 6.92. The van der Waals surface area contributed by atoms with Crippen molar-refractivity contribution in [3.05, 3.63) is 112 Å². The van der Waals surface area contributed by atoms with E-state index in [9.17, 15) is 13.7 Å². The Bertz CT molecular complexity index is 1500. The number of anilines is 1. The number of nitriles is 1. The van der Waals surface area contributed by atoms with Crippen molar-refractivity contribution < 1.29 is 8.42 Å². The van der Waals surface area contributed by atoms with Crippen LogP contribution in [0.25, 0.3) is 0 Å². The second-order valence-electron chi connectivity index (χ2n) is 8.75. The number of nitrogens with zero attached hydrogens (tertiary/aromatic N) is 4. The van der Waals surface area contributed by atoms with E-state index in [1.165, 1.54) is 0 Å². The predicted molar refractivity (Wildman–Crippen MR) is 142 cm³/mol. The van der Waals surface area contributed by atoms with Crippen LogP contribution in [-0.2, 0) is 29.5 Å². The molecule has 1 unspecified atom stereocenters. The molecule has 1 aliphatic heterocycles. The van der Waals surface area contributed by atoms with E-state index in [-0.39, 0.29) is 17.5 Å². The third-order valence-electron chi connectivity index (χ3n) is 6.34. The lowest BCUT2D eigenvalue weighted by molar-refractivity contribution is 0.318. The molecule has 0 radical (unpaired) electrons. The van der Waals surface area contributed by atoms with E-state index in [0.29, 0.717) is 29.5 Å². The van der Waals surface area contributed by atoms with Crippen molar-refractivity contribution in [3.8, 4) is 6.07 Å². The summed E-state index contributed by atoms with van der Waals surface area (Å²) in [6.45, 7) is 1.14. The van der Waals surface area contributed by atoms with Crippen molar-refractivity contribution in [1.29, 1.82) is 5.26 Å². The Hall–Kier alpha value is -3.45. The molecule has 1 atom stereocenters. The summed E-state index contributed by atoms with van der Waals surface area (Å²) in [5.41, 5.74) is 4.10. The Morgan fingerprint density at radius 1 is 1.08 bits per heavy atom. The highest BCUT2D eigenvalue weighted by Gasteiger charge is 2.36. The number of nitrogens with one attached hydrogen (secondary N) is 1. The maximum Gasteiger partial charge on any atom is 0.243 e. The standard InChI is InChI=1S/C27H24BrN5O2S/c28-23-7-4-8-26(13-23)36(34,35)33-16-22-11-21(14-29)9-10-27(22)32(17-24-15-30-19-31-24)18-25(33)12-20-5-2-1-3-6-20/h1-11,13,15,19,25H,12,16-18H2,(H,30,31). The van der Waals surface area contributed by atoms with E-state index >= 15 is 0 Å². The van der Waals surface area contributed by atoms with Gasteiger partial charge in [0, 0.05) is 35.5 Å². The van der Waals surface area contributed by atoms with Gasteiger partial charge in [-0.05, 0) is 53.9 Å². The van der Waals surface area contributed by atoms with Crippen LogP contribution >= 0.6 is 15.9 Å². The van der Waals surface area contributed by atoms with Crippen LogP contribution in [0, 0.1) is 11.3 Å². The van der Waals surface area contributed by atoms with Gasteiger partial charge in [-0.3, -0.25) is 0 Å². The van der Waals surface area contributed by atoms with E-state index in [1.807, 2.05) is 48.7 Å². The van der Waals surface area contributed by atoms with Gasteiger partial charge in [-0.15, -0.1) is 0 Å². The van der Waals surface area contributed by atoms with E-state index in [4.69, 9.17) is 0 Å². The van der Waals surface area contributed by atoms with E-state index < -0.39 is 10.0 Å². The largest absolute Gasteiger partial charge is 0.364 e. The SMILES string of the molecule is N#Cc1ccc2c(c1)CN(S(=O)(=O)c1cccc(Br)c1)C(Cc1ccccc1)CN2Cc1c[nH]cn1. The van der Waals surface area contributed by atoms with E-state index in [0.717, 1.165) is 22.5 Å². The maximum atomic E-state index is 14.1.